The van der Waals surface area contributed by atoms with Crippen molar-refractivity contribution in [1.82, 2.24) is 15.3 Å². The molecule has 1 aromatic rings. The number of anilines is 2. The molecule has 5 N–H and O–H groups in total. The van der Waals surface area contributed by atoms with Crippen LogP contribution in [0, 0.1) is 0 Å². The second-order valence-electron chi connectivity index (χ2n) is 4.61. The third-order valence-electron chi connectivity index (χ3n) is 2.89. The summed E-state index contributed by atoms with van der Waals surface area (Å²) in [4.78, 5) is 20.3. The van der Waals surface area contributed by atoms with Crippen molar-refractivity contribution >= 4 is 17.5 Å². The molecule has 0 radical (unpaired) electrons. The molecule has 8 heteroatoms. The maximum atomic E-state index is 11.6. The largest absolute Gasteiger partial charge is 0.383 e. The van der Waals surface area contributed by atoms with E-state index >= 15 is 0 Å². The number of nitrogens with two attached hydrogens (primary N) is 1. The van der Waals surface area contributed by atoms with Crippen LogP contribution < -0.4 is 21.9 Å². The predicted octanol–water partition coefficient (Wildman–Crippen LogP) is -0.186. The third-order valence-corrected chi connectivity index (χ3v) is 2.89. The standard InChI is InChI=1S/C12H20N6O2/c1-20-5-4-14-11(19)7-15-9-6-10(18-13)17-12(16-9)8-2-3-8/h6,8H,2-5,7,13H2,1H3,(H,14,19)(H2,15,16,17,18). The van der Waals surface area contributed by atoms with E-state index in [4.69, 9.17) is 10.6 Å². The van der Waals surface area contributed by atoms with Gasteiger partial charge in [0, 0.05) is 25.6 Å². The Hall–Kier alpha value is -1.93. The molecule has 8 nitrogen and oxygen atoms in total. The third kappa shape index (κ3) is 4.32. The number of amides is 1. The van der Waals surface area contributed by atoms with Gasteiger partial charge in [-0.1, -0.05) is 0 Å². The van der Waals surface area contributed by atoms with E-state index < -0.39 is 0 Å². The molecule has 20 heavy (non-hydrogen) atoms. The summed E-state index contributed by atoms with van der Waals surface area (Å²) >= 11 is 0. The van der Waals surface area contributed by atoms with E-state index in [1.165, 1.54) is 0 Å². The average molecular weight is 280 g/mol. The molecule has 0 unspecified atom stereocenters. The summed E-state index contributed by atoms with van der Waals surface area (Å²) in [7, 11) is 1.59. The minimum absolute atomic E-state index is 0.115. The highest BCUT2D eigenvalue weighted by atomic mass is 16.5. The van der Waals surface area contributed by atoms with Gasteiger partial charge < -0.3 is 20.8 Å². The summed E-state index contributed by atoms with van der Waals surface area (Å²) in [6, 6.07) is 1.67. The average Bonchev–Trinajstić information content (AvgIpc) is 3.29. The Morgan fingerprint density at radius 1 is 1.45 bits per heavy atom. The van der Waals surface area contributed by atoms with Gasteiger partial charge >= 0.3 is 0 Å². The second kappa shape index (κ2) is 7.01. The second-order valence-corrected chi connectivity index (χ2v) is 4.61. The number of methoxy groups -OCH3 is 1. The van der Waals surface area contributed by atoms with E-state index in [1.54, 1.807) is 13.2 Å². The van der Waals surface area contributed by atoms with Crippen LogP contribution in [0.4, 0.5) is 11.6 Å². The van der Waals surface area contributed by atoms with E-state index in [9.17, 15) is 4.79 Å². The highest BCUT2D eigenvalue weighted by Crippen LogP contribution is 2.38. The van der Waals surface area contributed by atoms with Gasteiger partial charge in [-0.3, -0.25) is 4.79 Å². The number of hydrogen-bond donors (Lipinski definition) is 4. The quantitative estimate of drug-likeness (QED) is 0.296. The molecule has 1 fully saturated rings. The molecule has 0 aromatic carbocycles. The summed E-state index contributed by atoms with van der Waals surface area (Å²) < 4.78 is 4.86. The van der Waals surface area contributed by atoms with Crippen molar-refractivity contribution in [2.24, 2.45) is 5.84 Å². The van der Waals surface area contributed by atoms with Crippen LogP contribution in [0.3, 0.4) is 0 Å². The summed E-state index contributed by atoms with van der Waals surface area (Å²) in [5.41, 5.74) is 2.51. The summed E-state index contributed by atoms with van der Waals surface area (Å²) in [6.45, 7) is 1.13. The fraction of sp³-hybridized carbons (Fsp3) is 0.583. The zero-order valence-corrected chi connectivity index (χ0v) is 11.5. The predicted molar refractivity (Wildman–Crippen MR) is 75.2 cm³/mol. The molecular weight excluding hydrogens is 260 g/mol. The topological polar surface area (TPSA) is 114 Å². The number of carbonyl (C=O) groups is 1. The van der Waals surface area contributed by atoms with Gasteiger partial charge in [0.1, 0.15) is 17.5 Å². The van der Waals surface area contributed by atoms with Crippen molar-refractivity contribution in [3.63, 3.8) is 0 Å². The van der Waals surface area contributed by atoms with Crippen LogP contribution in [0.2, 0.25) is 0 Å². The Morgan fingerprint density at radius 2 is 2.20 bits per heavy atom. The monoisotopic (exact) mass is 280 g/mol. The molecule has 1 aliphatic carbocycles. The number of hydrazine groups is 1. The van der Waals surface area contributed by atoms with Crippen molar-refractivity contribution in [2.45, 2.75) is 18.8 Å². The highest BCUT2D eigenvalue weighted by Gasteiger charge is 2.27. The molecule has 0 aliphatic heterocycles. The number of rotatable bonds is 8. The Morgan fingerprint density at radius 3 is 2.85 bits per heavy atom. The SMILES string of the molecule is COCCNC(=O)CNc1cc(NN)nc(C2CC2)n1. The molecule has 1 aliphatic rings. The van der Waals surface area contributed by atoms with Crippen LogP contribution in [0.15, 0.2) is 6.07 Å². The number of nitrogen functional groups attached to an aromatic ring is 1. The van der Waals surface area contributed by atoms with Gasteiger partial charge in [-0.05, 0) is 12.8 Å². The molecule has 0 bridgehead atoms. The number of nitrogens with one attached hydrogen (secondary N) is 3. The Kier molecular flexibility index (Phi) is 5.08. The van der Waals surface area contributed by atoms with Gasteiger partial charge in [-0.25, -0.2) is 15.8 Å². The first-order chi connectivity index (χ1) is 9.72. The molecule has 1 heterocycles. The van der Waals surface area contributed by atoms with Crippen LogP contribution in [-0.2, 0) is 9.53 Å². The molecule has 110 valence electrons. The minimum Gasteiger partial charge on any atom is -0.383 e. The van der Waals surface area contributed by atoms with Crippen LogP contribution in [0.25, 0.3) is 0 Å². The smallest absolute Gasteiger partial charge is 0.239 e. The Balaban J connectivity index is 1.88. The zero-order chi connectivity index (χ0) is 14.4. The van der Waals surface area contributed by atoms with Crippen LogP contribution in [0.1, 0.15) is 24.6 Å². The molecule has 1 saturated carbocycles. The van der Waals surface area contributed by atoms with Crippen molar-refractivity contribution in [3.05, 3.63) is 11.9 Å². The first-order valence-corrected chi connectivity index (χ1v) is 6.58. The molecule has 0 saturated heterocycles. The number of carbonyl (C=O) groups excluding carboxylic acids is 1. The normalized spacial score (nSPS) is 13.9. The van der Waals surface area contributed by atoms with Crippen LogP contribution in [0.5, 0.6) is 0 Å². The molecule has 2 rings (SSSR count). The van der Waals surface area contributed by atoms with Gasteiger partial charge in [0.2, 0.25) is 5.91 Å². The van der Waals surface area contributed by atoms with Gasteiger partial charge in [0.05, 0.1) is 13.2 Å². The number of ether oxygens (including phenoxy) is 1. The lowest BCUT2D eigenvalue weighted by Crippen LogP contribution is -2.32. The van der Waals surface area contributed by atoms with Crippen molar-refractivity contribution in [2.75, 3.05) is 37.5 Å². The Labute approximate surface area is 117 Å². The van der Waals surface area contributed by atoms with Gasteiger partial charge in [-0.15, -0.1) is 0 Å². The lowest BCUT2D eigenvalue weighted by Gasteiger charge is -2.09. The molecular formula is C12H20N6O2. The summed E-state index contributed by atoms with van der Waals surface area (Å²) in [5, 5.41) is 5.69. The van der Waals surface area contributed by atoms with Crippen molar-refractivity contribution in [3.8, 4) is 0 Å². The first kappa shape index (κ1) is 14.5. The maximum absolute atomic E-state index is 11.6. The molecule has 0 atom stereocenters. The van der Waals surface area contributed by atoms with Gasteiger partial charge in [-0.2, -0.15) is 0 Å². The lowest BCUT2D eigenvalue weighted by atomic mass is 10.3. The van der Waals surface area contributed by atoms with E-state index in [0.717, 1.165) is 18.7 Å². The van der Waals surface area contributed by atoms with E-state index in [1.807, 2.05) is 0 Å². The zero-order valence-electron chi connectivity index (χ0n) is 11.5. The molecule has 1 aromatic heterocycles. The fourth-order valence-electron chi connectivity index (χ4n) is 1.68. The summed E-state index contributed by atoms with van der Waals surface area (Å²) in [5.74, 6) is 7.59. The van der Waals surface area contributed by atoms with Crippen LogP contribution in [-0.4, -0.2) is 42.7 Å². The highest BCUT2D eigenvalue weighted by molar-refractivity contribution is 5.80. The van der Waals surface area contributed by atoms with E-state index in [0.29, 0.717) is 30.7 Å². The molecule has 0 spiro atoms. The minimum atomic E-state index is -0.115. The maximum Gasteiger partial charge on any atom is 0.239 e. The number of nitrogens with zero attached hydrogens (tertiary/aromatic N) is 2. The van der Waals surface area contributed by atoms with Crippen molar-refractivity contribution in [1.29, 1.82) is 0 Å². The van der Waals surface area contributed by atoms with Gasteiger partial charge in [0.15, 0.2) is 0 Å². The Bertz CT molecular complexity index is 463. The lowest BCUT2D eigenvalue weighted by molar-refractivity contribution is -0.119. The molecule has 1 amide bonds. The first-order valence-electron chi connectivity index (χ1n) is 6.58. The van der Waals surface area contributed by atoms with Crippen molar-refractivity contribution < 1.29 is 9.53 Å². The van der Waals surface area contributed by atoms with E-state index in [-0.39, 0.29) is 12.5 Å². The summed E-state index contributed by atoms with van der Waals surface area (Å²) in [6.07, 6.45) is 2.20. The number of aromatic nitrogens is 2. The fourth-order valence-corrected chi connectivity index (χ4v) is 1.68. The van der Waals surface area contributed by atoms with E-state index in [2.05, 4.69) is 26.0 Å². The van der Waals surface area contributed by atoms with Crippen LogP contribution >= 0.6 is 0 Å². The van der Waals surface area contributed by atoms with Gasteiger partial charge in [0.25, 0.3) is 0 Å². The number of hydrogen-bond acceptors (Lipinski definition) is 7.